The van der Waals surface area contributed by atoms with Gasteiger partial charge in [-0.2, -0.15) is 0 Å². The molecule has 1 N–H and O–H groups in total. The van der Waals surface area contributed by atoms with Crippen LogP contribution in [0.4, 0.5) is 4.39 Å². The minimum atomic E-state index is -0.173. The van der Waals surface area contributed by atoms with E-state index >= 15 is 0 Å². The largest absolute Gasteiger partial charge is 0.307 e. The van der Waals surface area contributed by atoms with E-state index in [1.165, 1.54) is 11.6 Å². The Labute approximate surface area is 128 Å². The zero-order valence-electron chi connectivity index (χ0n) is 11.7. The average molecular weight is 336 g/mol. The molecule has 0 bridgehead atoms. The number of nitrogens with one attached hydrogen (secondary N) is 1. The maximum atomic E-state index is 13.2. The van der Waals surface area contributed by atoms with Gasteiger partial charge in [0.25, 0.3) is 0 Å². The van der Waals surface area contributed by atoms with Gasteiger partial charge in [0.2, 0.25) is 0 Å². The zero-order chi connectivity index (χ0) is 14.5. The third-order valence-corrected chi connectivity index (χ3v) is 4.06. The normalized spacial score (nSPS) is 14.0. The van der Waals surface area contributed by atoms with Gasteiger partial charge in [-0.05, 0) is 49.6 Å². The van der Waals surface area contributed by atoms with Crippen molar-refractivity contribution in [3.63, 3.8) is 0 Å². The van der Waals surface area contributed by atoms with Crippen LogP contribution in [0.1, 0.15) is 31.0 Å². The molecule has 2 aromatic carbocycles. The molecule has 2 rings (SSSR count). The van der Waals surface area contributed by atoms with E-state index in [0.29, 0.717) is 0 Å². The van der Waals surface area contributed by atoms with Crippen molar-refractivity contribution in [3.8, 4) is 0 Å². The highest BCUT2D eigenvalue weighted by Crippen LogP contribution is 2.23. The zero-order valence-corrected chi connectivity index (χ0v) is 13.3. The van der Waals surface area contributed by atoms with Crippen LogP contribution in [-0.2, 0) is 6.42 Å². The molecule has 1 nitrogen and oxygen atoms in total. The summed E-state index contributed by atoms with van der Waals surface area (Å²) >= 11 is 3.57. The maximum absolute atomic E-state index is 13.2. The number of rotatable bonds is 5. The van der Waals surface area contributed by atoms with Gasteiger partial charge in [0.05, 0.1) is 0 Å². The van der Waals surface area contributed by atoms with E-state index < -0.39 is 0 Å². The highest BCUT2D eigenvalue weighted by Gasteiger charge is 2.12. The molecule has 3 heteroatoms. The molecule has 20 heavy (non-hydrogen) atoms. The molecule has 0 aliphatic rings. The molecule has 0 spiro atoms. The van der Waals surface area contributed by atoms with E-state index in [-0.39, 0.29) is 17.9 Å². The maximum Gasteiger partial charge on any atom is 0.123 e. The number of hydrogen-bond donors (Lipinski definition) is 1. The predicted octanol–water partition coefficient (Wildman–Crippen LogP) is 4.87. The lowest BCUT2D eigenvalue weighted by molar-refractivity contribution is 0.475. The van der Waals surface area contributed by atoms with Gasteiger partial charge in [-0.3, -0.25) is 0 Å². The lowest BCUT2D eigenvalue weighted by Crippen LogP contribution is -2.30. The summed E-state index contributed by atoms with van der Waals surface area (Å²) in [6.45, 7) is 4.26. The molecular formula is C17H19BrFN. The van der Waals surface area contributed by atoms with Crippen molar-refractivity contribution in [1.29, 1.82) is 0 Å². The van der Waals surface area contributed by atoms with Crippen LogP contribution in [0, 0.1) is 5.82 Å². The van der Waals surface area contributed by atoms with Crippen LogP contribution >= 0.6 is 15.9 Å². The summed E-state index contributed by atoms with van der Waals surface area (Å²) in [5, 5.41) is 3.55. The third-order valence-electron chi connectivity index (χ3n) is 3.34. The Morgan fingerprint density at radius 2 is 1.85 bits per heavy atom. The summed E-state index contributed by atoms with van der Waals surface area (Å²) in [6.07, 6.45) is 0.812. The van der Waals surface area contributed by atoms with Crippen molar-refractivity contribution >= 4 is 15.9 Å². The lowest BCUT2D eigenvalue weighted by atomic mass is 10.0. The molecule has 0 saturated carbocycles. The first-order valence-electron chi connectivity index (χ1n) is 6.81. The second-order valence-electron chi connectivity index (χ2n) is 5.14. The minimum absolute atomic E-state index is 0.173. The lowest BCUT2D eigenvalue weighted by Gasteiger charge is -2.21. The first-order valence-corrected chi connectivity index (χ1v) is 7.60. The third kappa shape index (κ3) is 4.15. The second-order valence-corrected chi connectivity index (χ2v) is 6.00. The molecule has 2 aromatic rings. The molecule has 2 atom stereocenters. The molecule has 0 aliphatic carbocycles. The number of benzene rings is 2. The van der Waals surface area contributed by atoms with E-state index in [2.05, 4.69) is 41.2 Å². The van der Waals surface area contributed by atoms with Gasteiger partial charge in [0.15, 0.2) is 0 Å². The van der Waals surface area contributed by atoms with Gasteiger partial charge in [0, 0.05) is 16.6 Å². The second kappa shape index (κ2) is 7.00. The predicted molar refractivity (Wildman–Crippen MR) is 85.3 cm³/mol. The van der Waals surface area contributed by atoms with Gasteiger partial charge in [-0.1, -0.05) is 46.3 Å². The molecular weight excluding hydrogens is 317 g/mol. The summed E-state index contributed by atoms with van der Waals surface area (Å²) in [4.78, 5) is 0. The molecule has 2 unspecified atom stereocenters. The number of hydrogen-bond acceptors (Lipinski definition) is 1. The topological polar surface area (TPSA) is 12.0 Å². The smallest absolute Gasteiger partial charge is 0.123 e. The molecule has 0 radical (unpaired) electrons. The Morgan fingerprint density at radius 3 is 2.55 bits per heavy atom. The van der Waals surface area contributed by atoms with Gasteiger partial charge >= 0.3 is 0 Å². The Balaban J connectivity index is 1.98. The fourth-order valence-electron chi connectivity index (χ4n) is 2.42. The standard InChI is InChI=1S/C17H19BrFN/c1-12(10-14-6-5-7-15(19)11-14)20-13(2)16-8-3-4-9-17(16)18/h3-9,11-13,20H,10H2,1-2H3. The van der Waals surface area contributed by atoms with Crippen LogP contribution in [0.25, 0.3) is 0 Å². The molecule has 0 fully saturated rings. The van der Waals surface area contributed by atoms with Crippen LogP contribution in [0.3, 0.4) is 0 Å². The first-order chi connectivity index (χ1) is 9.56. The van der Waals surface area contributed by atoms with E-state index in [9.17, 15) is 4.39 Å². The van der Waals surface area contributed by atoms with Crippen LogP contribution in [0.2, 0.25) is 0 Å². The minimum Gasteiger partial charge on any atom is -0.307 e. The molecule has 0 aliphatic heterocycles. The van der Waals surface area contributed by atoms with Crippen LogP contribution in [-0.4, -0.2) is 6.04 Å². The molecule has 106 valence electrons. The molecule has 0 amide bonds. The monoisotopic (exact) mass is 335 g/mol. The Kier molecular flexibility index (Phi) is 5.32. The van der Waals surface area contributed by atoms with Crippen LogP contribution in [0.5, 0.6) is 0 Å². The fraction of sp³-hybridized carbons (Fsp3) is 0.294. The van der Waals surface area contributed by atoms with Gasteiger partial charge in [-0.15, -0.1) is 0 Å². The van der Waals surface area contributed by atoms with Crippen LogP contribution < -0.4 is 5.32 Å². The highest BCUT2D eigenvalue weighted by atomic mass is 79.9. The van der Waals surface area contributed by atoms with E-state index in [4.69, 9.17) is 0 Å². The molecule has 0 heterocycles. The van der Waals surface area contributed by atoms with Crippen molar-refractivity contribution in [3.05, 3.63) is 69.9 Å². The van der Waals surface area contributed by atoms with Crippen molar-refractivity contribution < 1.29 is 4.39 Å². The van der Waals surface area contributed by atoms with Crippen LogP contribution in [0.15, 0.2) is 53.0 Å². The SMILES string of the molecule is CC(Cc1cccc(F)c1)NC(C)c1ccccc1Br. The van der Waals surface area contributed by atoms with Crippen molar-refractivity contribution in [1.82, 2.24) is 5.32 Å². The highest BCUT2D eigenvalue weighted by molar-refractivity contribution is 9.10. The van der Waals surface area contributed by atoms with E-state index in [1.807, 2.05) is 24.3 Å². The first kappa shape index (κ1) is 15.2. The molecule has 0 aromatic heterocycles. The van der Waals surface area contributed by atoms with Gasteiger partial charge in [-0.25, -0.2) is 4.39 Å². The number of halogens is 2. The van der Waals surface area contributed by atoms with Crippen molar-refractivity contribution in [2.45, 2.75) is 32.4 Å². The summed E-state index contributed by atoms with van der Waals surface area (Å²) in [5.74, 6) is -0.173. The van der Waals surface area contributed by atoms with E-state index in [1.54, 1.807) is 12.1 Å². The fourth-order valence-corrected chi connectivity index (χ4v) is 3.05. The average Bonchev–Trinajstić information content (AvgIpc) is 2.38. The Hall–Kier alpha value is -1.19. The van der Waals surface area contributed by atoms with Gasteiger partial charge < -0.3 is 5.32 Å². The summed E-state index contributed by atoms with van der Waals surface area (Å²) < 4.78 is 14.3. The summed E-state index contributed by atoms with van der Waals surface area (Å²) in [7, 11) is 0. The molecule has 0 saturated heterocycles. The summed E-state index contributed by atoms with van der Waals surface area (Å²) in [5.41, 5.74) is 2.25. The Morgan fingerprint density at radius 1 is 1.10 bits per heavy atom. The van der Waals surface area contributed by atoms with E-state index in [0.717, 1.165) is 16.5 Å². The van der Waals surface area contributed by atoms with Crippen molar-refractivity contribution in [2.24, 2.45) is 0 Å². The van der Waals surface area contributed by atoms with Crippen molar-refractivity contribution in [2.75, 3.05) is 0 Å². The Bertz CT molecular complexity index is 570. The van der Waals surface area contributed by atoms with Gasteiger partial charge in [0.1, 0.15) is 5.82 Å². The quantitative estimate of drug-likeness (QED) is 0.821. The summed E-state index contributed by atoms with van der Waals surface area (Å²) in [6, 6.07) is 15.5.